The summed E-state index contributed by atoms with van der Waals surface area (Å²) in [6.07, 6.45) is 1.57. The molecule has 1 aromatic rings. The molecular formula is C8H15N5O2. The van der Waals surface area contributed by atoms with Crippen LogP contribution in [0.5, 0.6) is 0 Å². The van der Waals surface area contributed by atoms with Gasteiger partial charge >= 0.3 is 0 Å². The summed E-state index contributed by atoms with van der Waals surface area (Å²) in [6.45, 7) is 0.471. The zero-order chi connectivity index (χ0) is 11.3. The van der Waals surface area contributed by atoms with E-state index in [-0.39, 0.29) is 19.1 Å². The Bertz CT molecular complexity index is 325. The molecule has 0 saturated carbocycles. The molecule has 7 heteroatoms. The van der Waals surface area contributed by atoms with Gasteiger partial charge in [0.1, 0.15) is 12.4 Å². The molecule has 1 atom stereocenters. The van der Waals surface area contributed by atoms with E-state index in [1.165, 1.54) is 7.11 Å². The van der Waals surface area contributed by atoms with Crippen molar-refractivity contribution < 1.29 is 9.53 Å². The molecule has 1 amide bonds. The number of carbonyl (C=O) groups is 1. The minimum absolute atomic E-state index is 0.196. The molecule has 0 aliphatic heterocycles. The first-order valence-corrected chi connectivity index (χ1v) is 4.50. The fourth-order valence-corrected chi connectivity index (χ4v) is 1.02. The molecule has 7 nitrogen and oxygen atoms in total. The van der Waals surface area contributed by atoms with Gasteiger partial charge in [-0.3, -0.25) is 9.48 Å². The van der Waals surface area contributed by atoms with Gasteiger partial charge < -0.3 is 15.8 Å². The first-order valence-electron chi connectivity index (χ1n) is 4.50. The highest BCUT2D eigenvalue weighted by atomic mass is 16.5. The molecule has 3 N–H and O–H groups in total. The molecule has 0 saturated heterocycles. The van der Waals surface area contributed by atoms with Crippen molar-refractivity contribution >= 4 is 5.91 Å². The third-order valence-corrected chi connectivity index (χ3v) is 1.75. The van der Waals surface area contributed by atoms with Gasteiger partial charge in [0, 0.05) is 14.2 Å². The highest BCUT2D eigenvalue weighted by Gasteiger charge is 2.12. The van der Waals surface area contributed by atoms with E-state index in [4.69, 9.17) is 10.5 Å². The number of nitrogens with one attached hydrogen (secondary N) is 1. The largest absolute Gasteiger partial charge is 0.383 e. The van der Waals surface area contributed by atoms with Gasteiger partial charge in [-0.25, -0.2) is 4.98 Å². The zero-order valence-corrected chi connectivity index (χ0v) is 8.80. The Kier molecular flexibility index (Phi) is 4.19. The molecule has 0 fully saturated rings. The maximum Gasteiger partial charge on any atom is 0.239 e. The predicted molar refractivity (Wildman–Crippen MR) is 52.7 cm³/mol. The van der Waals surface area contributed by atoms with E-state index in [2.05, 4.69) is 15.4 Å². The van der Waals surface area contributed by atoms with Crippen molar-refractivity contribution in [2.75, 3.05) is 13.7 Å². The molecule has 1 rings (SSSR count). The van der Waals surface area contributed by atoms with Crippen LogP contribution in [-0.4, -0.2) is 40.4 Å². The van der Waals surface area contributed by atoms with Gasteiger partial charge in [-0.1, -0.05) is 0 Å². The van der Waals surface area contributed by atoms with Gasteiger partial charge in [-0.05, 0) is 0 Å². The van der Waals surface area contributed by atoms with Crippen LogP contribution in [0, 0.1) is 0 Å². The third-order valence-electron chi connectivity index (χ3n) is 1.75. The molecule has 0 aliphatic carbocycles. The Morgan fingerprint density at radius 1 is 1.80 bits per heavy atom. The summed E-state index contributed by atoms with van der Waals surface area (Å²) < 4.78 is 6.33. The summed E-state index contributed by atoms with van der Waals surface area (Å²) in [4.78, 5) is 15.3. The van der Waals surface area contributed by atoms with Crippen molar-refractivity contribution in [3.05, 3.63) is 12.2 Å². The summed E-state index contributed by atoms with van der Waals surface area (Å²) in [6, 6.07) is -0.654. The van der Waals surface area contributed by atoms with Crippen molar-refractivity contribution in [3.63, 3.8) is 0 Å². The molecule has 84 valence electrons. The lowest BCUT2D eigenvalue weighted by Crippen LogP contribution is -2.43. The highest BCUT2D eigenvalue weighted by Crippen LogP contribution is 1.88. The molecule has 1 heterocycles. The van der Waals surface area contributed by atoms with Crippen molar-refractivity contribution in [2.45, 2.75) is 12.6 Å². The number of rotatable bonds is 5. The fraction of sp³-hybridized carbons (Fsp3) is 0.625. The standard InChI is InChI=1S/C8H15N5O2/c1-13-5-11-7(12-13)3-10-8(14)6(9)4-15-2/h5-6H,3-4,9H2,1-2H3,(H,10,14). The zero-order valence-electron chi connectivity index (χ0n) is 8.80. The number of aromatic nitrogens is 3. The van der Waals surface area contributed by atoms with Crippen LogP contribution in [0.3, 0.4) is 0 Å². The number of hydrogen-bond acceptors (Lipinski definition) is 5. The van der Waals surface area contributed by atoms with Crippen LogP contribution in [0.1, 0.15) is 5.82 Å². The lowest BCUT2D eigenvalue weighted by molar-refractivity contribution is -0.123. The molecule has 15 heavy (non-hydrogen) atoms. The number of carbonyl (C=O) groups excluding carboxylic acids is 1. The first-order chi connectivity index (χ1) is 7.13. The van der Waals surface area contributed by atoms with E-state index >= 15 is 0 Å². The Morgan fingerprint density at radius 2 is 2.53 bits per heavy atom. The van der Waals surface area contributed by atoms with Crippen molar-refractivity contribution in [1.29, 1.82) is 0 Å². The van der Waals surface area contributed by atoms with Crippen LogP contribution < -0.4 is 11.1 Å². The number of aryl methyl sites for hydroxylation is 1. The quantitative estimate of drug-likeness (QED) is 0.614. The second kappa shape index (κ2) is 5.42. The first kappa shape index (κ1) is 11.6. The van der Waals surface area contributed by atoms with Gasteiger partial charge in [-0.15, -0.1) is 0 Å². The van der Waals surface area contributed by atoms with E-state index in [1.807, 2.05) is 0 Å². The molecule has 0 spiro atoms. The van der Waals surface area contributed by atoms with Gasteiger partial charge in [-0.2, -0.15) is 5.10 Å². The maximum atomic E-state index is 11.3. The lowest BCUT2D eigenvalue weighted by atomic mass is 10.3. The Balaban J connectivity index is 2.34. The summed E-state index contributed by atoms with van der Waals surface area (Å²) in [5.74, 6) is 0.278. The minimum Gasteiger partial charge on any atom is -0.383 e. The number of ether oxygens (including phenoxy) is 1. The SMILES string of the molecule is COCC(N)C(=O)NCc1ncn(C)n1. The average Bonchev–Trinajstić information content (AvgIpc) is 2.61. The number of amides is 1. The predicted octanol–water partition coefficient (Wildman–Crippen LogP) is -1.59. The van der Waals surface area contributed by atoms with Crippen LogP contribution in [0.4, 0.5) is 0 Å². The topological polar surface area (TPSA) is 95.1 Å². The molecule has 0 aliphatic rings. The van der Waals surface area contributed by atoms with Crippen molar-refractivity contribution in [2.24, 2.45) is 12.8 Å². The number of nitrogens with two attached hydrogens (primary N) is 1. The molecule has 0 aromatic carbocycles. The van der Waals surface area contributed by atoms with E-state index < -0.39 is 6.04 Å². The second-order valence-electron chi connectivity index (χ2n) is 3.11. The Hall–Kier alpha value is -1.47. The third kappa shape index (κ3) is 3.64. The molecule has 0 bridgehead atoms. The van der Waals surface area contributed by atoms with E-state index in [0.29, 0.717) is 5.82 Å². The summed E-state index contributed by atoms with van der Waals surface area (Å²) in [5.41, 5.74) is 5.51. The van der Waals surface area contributed by atoms with Crippen LogP contribution in [0.25, 0.3) is 0 Å². The molecule has 1 aromatic heterocycles. The minimum atomic E-state index is -0.654. The second-order valence-corrected chi connectivity index (χ2v) is 3.11. The number of methoxy groups -OCH3 is 1. The maximum absolute atomic E-state index is 11.3. The van der Waals surface area contributed by atoms with E-state index in [1.54, 1.807) is 18.1 Å². The molecular weight excluding hydrogens is 198 g/mol. The monoisotopic (exact) mass is 213 g/mol. The van der Waals surface area contributed by atoms with Crippen LogP contribution in [0.15, 0.2) is 6.33 Å². The summed E-state index contributed by atoms with van der Waals surface area (Å²) in [5, 5.41) is 6.62. The van der Waals surface area contributed by atoms with Gasteiger partial charge in [0.15, 0.2) is 5.82 Å². The van der Waals surface area contributed by atoms with E-state index in [9.17, 15) is 4.79 Å². The number of hydrogen-bond donors (Lipinski definition) is 2. The van der Waals surface area contributed by atoms with Gasteiger partial charge in [0.2, 0.25) is 5.91 Å². The Morgan fingerprint density at radius 3 is 3.07 bits per heavy atom. The van der Waals surface area contributed by atoms with Gasteiger partial charge in [0.05, 0.1) is 13.2 Å². The Labute approximate surface area is 87.6 Å². The summed E-state index contributed by atoms with van der Waals surface area (Å²) >= 11 is 0. The lowest BCUT2D eigenvalue weighted by Gasteiger charge is -2.09. The highest BCUT2D eigenvalue weighted by molar-refractivity contribution is 5.81. The molecule has 1 unspecified atom stereocenters. The van der Waals surface area contributed by atoms with Gasteiger partial charge in [0.25, 0.3) is 0 Å². The number of nitrogens with zero attached hydrogens (tertiary/aromatic N) is 3. The van der Waals surface area contributed by atoms with Crippen molar-refractivity contribution in [3.8, 4) is 0 Å². The van der Waals surface area contributed by atoms with E-state index in [0.717, 1.165) is 0 Å². The smallest absolute Gasteiger partial charge is 0.239 e. The molecule has 0 radical (unpaired) electrons. The summed E-state index contributed by atoms with van der Waals surface area (Å²) in [7, 11) is 3.25. The van der Waals surface area contributed by atoms with Crippen LogP contribution >= 0.6 is 0 Å². The van der Waals surface area contributed by atoms with Crippen LogP contribution in [0.2, 0.25) is 0 Å². The normalized spacial score (nSPS) is 12.5. The van der Waals surface area contributed by atoms with Crippen molar-refractivity contribution in [1.82, 2.24) is 20.1 Å². The van der Waals surface area contributed by atoms with Crippen LogP contribution in [-0.2, 0) is 23.1 Å². The average molecular weight is 213 g/mol. The fourth-order valence-electron chi connectivity index (χ4n) is 1.02.